The van der Waals surface area contributed by atoms with Gasteiger partial charge in [-0.1, -0.05) is 18.9 Å². The van der Waals surface area contributed by atoms with Crippen molar-refractivity contribution in [1.82, 2.24) is 10.6 Å². The lowest BCUT2D eigenvalue weighted by Gasteiger charge is -2.21. The van der Waals surface area contributed by atoms with Crippen LogP contribution in [0, 0.1) is 0 Å². The number of hydrogen-bond acceptors (Lipinski definition) is 3. The van der Waals surface area contributed by atoms with Gasteiger partial charge in [-0.15, -0.1) is 11.3 Å². The van der Waals surface area contributed by atoms with Gasteiger partial charge in [0.05, 0.1) is 6.04 Å². The topological polar surface area (TPSA) is 41.1 Å². The van der Waals surface area contributed by atoms with Crippen molar-refractivity contribution in [1.29, 1.82) is 0 Å². The van der Waals surface area contributed by atoms with Gasteiger partial charge in [-0.05, 0) is 38.1 Å². The van der Waals surface area contributed by atoms with Crippen LogP contribution in [-0.2, 0) is 4.79 Å². The molecule has 1 amide bonds. The fourth-order valence-corrected chi connectivity index (χ4v) is 3.21. The molecule has 0 bridgehead atoms. The summed E-state index contributed by atoms with van der Waals surface area (Å²) < 4.78 is 0. The van der Waals surface area contributed by atoms with Crippen molar-refractivity contribution in [2.24, 2.45) is 0 Å². The summed E-state index contributed by atoms with van der Waals surface area (Å²) in [5.74, 6) is 0.130. The molecule has 2 atom stereocenters. The van der Waals surface area contributed by atoms with E-state index in [0.29, 0.717) is 6.04 Å². The second-order valence-corrected chi connectivity index (χ2v) is 6.09. The minimum atomic E-state index is -0.136. The first kappa shape index (κ1) is 13.6. The van der Waals surface area contributed by atoms with Crippen molar-refractivity contribution in [3.63, 3.8) is 0 Å². The zero-order valence-corrected chi connectivity index (χ0v) is 11.9. The average Bonchev–Trinajstić information content (AvgIpc) is 3.01. The number of carbonyl (C=O) groups is 1. The van der Waals surface area contributed by atoms with Gasteiger partial charge in [0.2, 0.25) is 5.91 Å². The molecule has 1 aliphatic carbocycles. The molecule has 4 heteroatoms. The Labute approximate surface area is 113 Å². The summed E-state index contributed by atoms with van der Waals surface area (Å²) in [6.45, 7) is 4.04. The van der Waals surface area contributed by atoms with Crippen molar-refractivity contribution in [3.8, 4) is 0 Å². The van der Waals surface area contributed by atoms with Gasteiger partial charge in [-0.3, -0.25) is 10.1 Å². The normalized spacial score (nSPS) is 19.7. The van der Waals surface area contributed by atoms with Crippen LogP contribution < -0.4 is 10.6 Å². The second kappa shape index (κ2) is 6.34. The first-order chi connectivity index (χ1) is 8.66. The van der Waals surface area contributed by atoms with E-state index in [1.54, 1.807) is 11.3 Å². The molecule has 0 spiro atoms. The van der Waals surface area contributed by atoms with Crippen LogP contribution in [0.15, 0.2) is 17.5 Å². The first-order valence-electron chi connectivity index (χ1n) is 6.76. The summed E-state index contributed by atoms with van der Waals surface area (Å²) in [6.07, 6.45) is 4.77. The zero-order valence-electron chi connectivity index (χ0n) is 11.1. The van der Waals surface area contributed by atoms with E-state index in [-0.39, 0.29) is 18.0 Å². The minimum absolute atomic E-state index is 0.130. The molecule has 1 saturated carbocycles. The smallest absolute Gasteiger partial charge is 0.237 e. The number of rotatable bonds is 5. The Hall–Kier alpha value is -0.870. The Morgan fingerprint density at radius 3 is 2.72 bits per heavy atom. The van der Waals surface area contributed by atoms with E-state index >= 15 is 0 Å². The number of hydrogen-bond donors (Lipinski definition) is 2. The highest BCUT2D eigenvalue weighted by Gasteiger charge is 2.21. The van der Waals surface area contributed by atoms with Crippen LogP contribution in [0.1, 0.15) is 50.4 Å². The second-order valence-electron chi connectivity index (χ2n) is 5.12. The van der Waals surface area contributed by atoms with Gasteiger partial charge in [0.1, 0.15) is 0 Å². The molecule has 0 saturated heterocycles. The van der Waals surface area contributed by atoms with Crippen LogP contribution in [0.5, 0.6) is 0 Å². The van der Waals surface area contributed by atoms with Gasteiger partial charge in [0.25, 0.3) is 0 Å². The molecule has 1 fully saturated rings. The molecular formula is C14H22N2OS. The standard InChI is InChI=1S/C14H22N2OS/c1-10(13-8-5-9-18-13)15-11(2)14(17)16-12-6-3-4-7-12/h5,8-12,15H,3-4,6-7H2,1-2H3,(H,16,17)/t10-,11+/m1/s1. The Kier molecular flexibility index (Phi) is 4.78. The molecule has 0 radical (unpaired) electrons. The molecule has 3 nitrogen and oxygen atoms in total. The maximum absolute atomic E-state index is 12.0. The van der Waals surface area contributed by atoms with E-state index in [1.165, 1.54) is 17.7 Å². The van der Waals surface area contributed by atoms with Gasteiger partial charge < -0.3 is 5.32 Å². The highest BCUT2D eigenvalue weighted by atomic mass is 32.1. The van der Waals surface area contributed by atoms with Crippen LogP contribution in [0.2, 0.25) is 0 Å². The largest absolute Gasteiger partial charge is 0.352 e. The summed E-state index contributed by atoms with van der Waals surface area (Å²) >= 11 is 1.72. The monoisotopic (exact) mass is 266 g/mol. The van der Waals surface area contributed by atoms with E-state index in [0.717, 1.165) is 12.8 Å². The molecule has 0 aromatic carbocycles. The fraction of sp³-hybridized carbons (Fsp3) is 0.643. The Morgan fingerprint density at radius 2 is 2.11 bits per heavy atom. The van der Waals surface area contributed by atoms with Crippen molar-refractivity contribution < 1.29 is 4.79 Å². The van der Waals surface area contributed by atoms with E-state index in [9.17, 15) is 4.79 Å². The molecule has 2 rings (SSSR count). The lowest BCUT2D eigenvalue weighted by molar-refractivity contribution is -0.123. The number of carbonyl (C=O) groups excluding carboxylic acids is 1. The molecule has 18 heavy (non-hydrogen) atoms. The molecule has 0 unspecified atom stereocenters. The third-order valence-electron chi connectivity index (χ3n) is 3.56. The lowest BCUT2D eigenvalue weighted by atomic mass is 10.2. The molecule has 100 valence electrons. The minimum Gasteiger partial charge on any atom is -0.352 e. The summed E-state index contributed by atoms with van der Waals surface area (Å²) in [5, 5.41) is 8.55. The van der Waals surface area contributed by atoms with E-state index < -0.39 is 0 Å². The predicted molar refractivity (Wildman–Crippen MR) is 75.7 cm³/mol. The van der Waals surface area contributed by atoms with Crippen molar-refractivity contribution in [2.45, 2.75) is 57.7 Å². The highest BCUT2D eigenvalue weighted by molar-refractivity contribution is 7.10. The van der Waals surface area contributed by atoms with Gasteiger partial charge in [-0.2, -0.15) is 0 Å². The molecular weight excluding hydrogens is 244 g/mol. The third-order valence-corrected chi connectivity index (χ3v) is 4.62. The Bertz CT molecular complexity index is 371. The van der Waals surface area contributed by atoms with E-state index in [1.807, 2.05) is 13.0 Å². The predicted octanol–water partition coefficient (Wildman–Crippen LogP) is 2.85. The summed E-state index contributed by atoms with van der Waals surface area (Å²) in [4.78, 5) is 13.3. The SMILES string of the molecule is C[C@H](N[C@H](C)c1cccs1)C(=O)NC1CCCC1. The molecule has 1 aliphatic rings. The molecule has 2 N–H and O–H groups in total. The maximum atomic E-state index is 12.0. The summed E-state index contributed by atoms with van der Waals surface area (Å²) in [5.41, 5.74) is 0. The zero-order chi connectivity index (χ0) is 13.0. The highest BCUT2D eigenvalue weighted by Crippen LogP contribution is 2.19. The van der Waals surface area contributed by atoms with Crippen molar-refractivity contribution in [3.05, 3.63) is 22.4 Å². The first-order valence-corrected chi connectivity index (χ1v) is 7.64. The number of amides is 1. The van der Waals surface area contributed by atoms with Gasteiger partial charge in [0.15, 0.2) is 0 Å². The third kappa shape index (κ3) is 3.56. The Morgan fingerprint density at radius 1 is 1.39 bits per heavy atom. The fourth-order valence-electron chi connectivity index (χ4n) is 2.47. The number of thiophene rings is 1. The van der Waals surface area contributed by atoms with Crippen molar-refractivity contribution >= 4 is 17.2 Å². The number of nitrogens with one attached hydrogen (secondary N) is 2. The summed E-state index contributed by atoms with van der Waals surface area (Å²) in [7, 11) is 0. The Balaban J connectivity index is 1.79. The quantitative estimate of drug-likeness (QED) is 0.860. The van der Waals surface area contributed by atoms with Crippen LogP contribution in [0.4, 0.5) is 0 Å². The van der Waals surface area contributed by atoms with E-state index in [2.05, 4.69) is 29.0 Å². The average molecular weight is 266 g/mol. The van der Waals surface area contributed by atoms with Crippen LogP contribution in [-0.4, -0.2) is 18.0 Å². The van der Waals surface area contributed by atoms with Crippen LogP contribution >= 0.6 is 11.3 Å². The van der Waals surface area contributed by atoms with Gasteiger partial charge in [-0.25, -0.2) is 0 Å². The van der Waals surface area contributed by atoms with Gasteiger partial charge >= 0.3 is 0 Å². The maximum Gasteiger partial charge on any atom is 0.237 e. The van der Waals surface area contributed by atoms with E-state index in [4.69, 9.17) is 0 Å². The molecule has 0 aliphatic heterocycles. The van der Waals surface area contributed by atoms with Gasteiger partial charge in [0, 0.05) is 17.0 Å². The summed E-state index contributed by atoms with van der Waals surface area (Å²) in [6, 6.07) is 4.64. The molecule has 1 aromatic rings. The molecule has 1 aromatic heterocycles. The van der Waals surface area contributed by atoms with Crippen LogP contribution in [0.25, 0.3) is 0 Å². The van der Waals surface area contributed by atoms with Crippen molar-refractivity contribution in [2.75, 3.05) is 0 Å². The lowest BCUT2D eigenvalue weighted by Crippen LogP contribution is -2.46. The molecule has 1 heterocycles. The van der Waals surface area contributed by atoms with Crippen LogP contribution in [0.3, 0.4) is 0 Å².